The van der Waals surface area contributed by atoms with Crippen molar-refractivity contribution in [1.29, 1.82) is 0 Å². The van der Waals surface area contributed by atoms with Gasteiger partial charge in [0.15, 0.2) is 9.84 Å². The van der Waals surface area contributed by atoms with Crippen LogP contribution in [-0.4, -0.2) is 31.2 Å². The van der Waals surface area contributed by atoms with Gasteiger partial charge in [-0.25, -0.2) is 18.4 Å². The molecule has 7 heteroatoms. The molecule has 0 saturated heterocycles. The molecular weight excluding hydrogens is 365 g/mol. The van der Waals surface area contributed by atoms with Gasteiger partial charge in [-0.2, -0.15) is 0 Å². The molecule has 18 heavy (non-hydrogen) atoms. The predicted molar refractivity (Wildman–Crippen MR) is 81.5 cm³/mol. The first-order valence-electron chi connectivity index (χ1n) is 5.72. The largest absolute Gasteiger partial charge is 0.369 e. The summed E-state index contributed by atoms with van der Waals surface area (Å²) in [7, 11) is -3.12. The third-order valence-electron chi connectivity index (χ3n) is 2.21. The summed E-state index contributed by atoms with van der Waals surface area (Å²) in [5, 5.41) is 3.14. The molecule has 0 aliphatic carbocycles. The van der Waals surface area contributed by atoms with Gasteiger partial charge in [-0.1, -0.05) is 13.8 Å². The van der Waals surface area contributed by atoms with Crippen LogP contribution < -0.4 is 5.32 Å². The topological polar surface area (TPSA) is 72.0 Å². The Labute approximate surface area is 122 Å². The highest BCUT2D eigenvalue weighted by atomic mass is 127. The average Bonchev–Trinajstić information content (AvgIpc) is 2.20. The molecule has 5 nitrogen and oxygen atoms in total. The Morgan fingerprint density at radius 3 is 2.39 bits per heavy atom. The van der Waals surface area contributed by atoms with Crippen molar-refractivity contribution in [3.63, 3.8) is 0 Å². The summed E-state index contributed by atoms with van der Waals surface area (Å²) in [5.41, 5.74) is 0.889. The fourth-order valence-electron chi connectivity index (χ4n) is 1.48. The first-order chi connectivity index (χ1) is 8.24. The molecule has 0 spiro atoms. The molecule has 0 bridgehead atoms. The molecule has 0 fully saturated rings. The van der Waals surface area contributed by atoms with Crippen LogP contribution in [0.2, 0.25) is 0 Å². The number of hydrogen-bond acceptors (Lipinski definition) is 5. The molecule has 0 aromatic carbocycles. The molecule has 1 aromatic rings. The van der Waals surface area contributed by atoms with E-state index >= 15 is 0 Å². The van der Waals surface area contributed by atoms with Crippen molar-refractivity contribution < 1.29 is 8.42 Å². The Bertz CT molecular complexity index is 529. The zero-order valence-electron chi connectivity index (χ0n) is 11.0. The highest BCUT2D eigenvalue weighted by Gasteiger charge is 2.16. The Balaban J connectivity index is 3.28. The van der Waals surface area contributed by atoms with Crippen molar-refractivity contribution >= 4 is 38.2 Å². The van der Waals surface area contributed by atoms with Crippen LogP contribution >= 0.6 is 22.6 Å². The number of rotatable bonds is 5. The molecule has 0 aliphatic rings. The van der Waals surface area contributed by atoms with Gasteiger partial charge < -0.3 is 5.32 Å². The number of nitrogens with one attached hydrogen (secondary N) is 1. The van der Waals surface area contributed by atoms with E-state index in [1.165, 1.54) is 6.26 Å². The van der Waals surface area contributed by atoms with Gasteiger partial charge in [0.2, 0.25) is 0 Å². The van der Waals surface area contributed by atoms with Gasteiger partial charge in [-0.05, 0) is 35.4 Å². The zero-order valence-corrected chi connectivity index (χ0v) is 14.0. The zero-order chi connectivity index (χ0) is 13.9. The van der Waals surface area contributed by atoms with Gasteiger partial charge in [-0.3, -0.25) is 0 Å². The highest BCUT2D eigenvalue weighted by Crippen LogP contribution is 2.25. The van der Waals surface area contributed by atoms with E-state index in [0.717, 1.165) is 21.6 Å². The maximum absolute atomic E-state index is 11.3. The van der Waals surface area contributed by atoms with Gasteiger partial charge in [0.25, 0.3) is 0 Å². The minimum Gasteiger partial charge on any atom is -0.369 e. The normalized spacial score (nSPS) is 11.9. The van der Waals surface area contributed by atoms with E-state index in [9.17, 15) is 8.42 Å². The Morgan fingerprint density at radius 2 is 1.94 bits per heavy atom. The molecule has 1 N–H and O–H groups in total. The number of halogens is 1. The molecule has 0 unspecified atom stereocenters. The van der Waals surface area contributed by atoms with Crippen LogP contribution in [0.4, 0.5) is 5.82 Å². The van der Waals surface area contributed by atoms with Crippen LogP contribution in [0.1, 0.15) is 38.2 Å². The van der Waals surface area contributed by atoms with Gasteiger partial charge in [0.05, 0.1) is 9.26 Å². The van der Waals surface area contributed by atoms with E-state index < -0.39 is 9.84 Å². The predicted octanol–water partition coefficient (Wildman–Crippen LogP) is 2.18. The Hall–Kier alpha value is -0.440. The summed E-state index contributed by atoms with van der Waals surface area (Å²) < 4.78 is 23.6. The van der Waals surface area contributed by atoms with E-state index in [1.54, 1.807) is 0 Å². The summed E-state index contributed by atoms with van der Waals surface area (Å²) in [4.78, 5) is 8.64. The maximum Gasteiger partial charge on any atom is 0.154 e. The number of nitrogens with zero attached hydrogens (tertiary/aromatic N) is 2. The second kappa shape index (κ2) is 6.14. The fraction of sp³-hybridized carbons (Fsp3) is 0.636. The first kappa shape index (κ1) is 15.6. The smallest absolute Gasteiger partial charge is 0.154 e. The number of aromatic nitrogens is 2. The quantitative estimate of drug-likeness (QED) is 0.790. The van der Waals surface area contributed by atoms with Gasteiger partial charge in [-0.15, -0.1) is 0 Å². The lowest BCUT2D eigenvalue weighted by Crippen LogP contribution is -2.13. The van der Waals surface area contributed by atoms with Crippen LogP contribution in [0.15, 0.2) is 0 Å². The van der Waals surface area contributed by atoms with Crippen molar-refractivity contribution in [1.82, 2.24) is 9.97 Å². The molecule has 1 heterocycles. The van der Waals surface area contributed by atoms with Gasteiger partial charge >= 0.3 is 0 Å². The van der Waals surface area contributed by atoms with Crippen molar-refractivity contribution in [2.24, 2.45) is 0 Å². The van der Waals surface area contributed by atoms with E-state index in [2.05, 4.69) is 37.9 Å². The van der Waals surface area contributed by atoms with Crippen molar-refractivity contribution in [3.05, 3.63) is 15.1 Å². The first-order valence-corrected chi connectivity index (χ1v) is 8.86. The molecule has 1 aromatic heterocycles. The maximum atomic E-state index is 11.3. The van der Waals surface area contributed by atoms with Crippen molar-refractivity contribution in [3.8, 4) is 0 Å². The third kappa shape index (κ3) is 4.34. The van der Waals surface area contributed by atoms with Crippen LogP contribution in [0.5, 0.6) is 0 Å². The number of hydrogen-bond donors (Lipinski definition) is 1. The van der Waals surface area contributed by atoms with Crippen molar-refractivity contribution in [2.45, 2.75) is 32.4 Å². The third-order valence-corrected chi connectivity index (χ3v) is 4.05. The van der Waals surface area contributed by atoms with E-state index in [0.29, 0.717) is 5.82 Å². The summed E-state index contributed by atoms with van der Waals surface area (Å²) in [6, 6.07) is 0. The summed E-state index contributed by atoms with van der Waals surface area (Å²) in [6.45, 7) is 6.78. The standard InChI is InChI=1S/C11H18IN3O2S/c1-5-13-11-9(12)10(7(2)3)14-8(15-11)6-18(4,16)17/h7H,5-6H2,1-4H3,(H,13,14,15). The van der Waals surface area contributed by atoms with Crippen molar-refractivity contribution in [2.75, 3.05) is 18.1 Å². The fourth-order valence-corrected chi connectivity index (χ4v) is 3.13. The second-order valence-electron chi connectivity index (χ2n) is 4.44. The number of sulfone groups is 1. The van der Waals surface area contributed by atoms with Crippen LogP contribution in [0, 0.1) is 3.57 Å². The van der Waals surface area contributed by atoms with E-state index in [-0.39, 0.29) is 11.7 Å². The number of anilines is 1. The summed E-state index contributed by atoms with van der Waals surface area (Å²) >= 11 is 2.20. The minimum absolute atomic E-state index is 0.123. The van der Waals surface area contributed by atoms with E-state index in [1.807, 2.05) is 20.8 Å². The lowest BCUT2D eigenvalue weighted by Gasteiger charge is -2.14. The van der Waals surface area contributed by atoms with Crippen LogP contribution in [0.25, 0.3) is 0 Å². The highest BCUT2D eigenvalue weighted by molar-refractivity contribution is 14.1. The molecule has 0 radical (unpaired) electrons. The van der Waals surface area contributed by atoms with Crippen LogP contribution in [0.3, 0.4) is 0 Å². The minimum atomic E-state index is -3.12. The lowest BCUT2D eigenvalue weighted by molar-refractivity contribution is 0.599. The monoisotopic (exact) mass is 383 g/mol. The average molecular weight is 383 g/mol. The lowest BCUT2D eigenvalue weighted by atomic mass is 10.1. The molecule has 0 saturated carbocycles. The van der Waals surface area contributed by atoms with Gasteiger partial charge in [0.1, 0.15) is 17.4 Å². The molecule has 0 atom stereocenters. The summed E-state index contributed by atoms with van der Waals surface area (Å²) in [6.07, 6.45) is 1.19. The Kier molecular flexibility index (Phi) is 5.32. The summed E-state index contributed by atoms with van der Waals surface area (Å²) in [5.74, 6) is 1.19. The van der Waals surface area contributed by atoms with Crippen LogP contribution in [-0.2, 0) is 15.6 Å². The molecule has 0 aliphatic heterocycles. The molecule has 1 rings (SSSR count). The molecular formula is C11H18IN3O2S. The SMILES string of the molecule is CCNc1nc(CS(C)(=O)=O)nc(C(C)C)c1I. The Morgan fingerprint density at radius 1 is 1.33 bits per heavy atom. The second-order valence-corrected chi connectivity index (χ2v) is 7.66. The molecule has 0 amide bonds. The van der Waals surface area contributed by atoms with Gasteiger partial charge in [0, 0.05) is 12.8 Å². The van der Waals surface area contributed by atoms with E-state index in [4.69, 9.17) is 0 Å². The molecule has 102 valence electrons.